The van der Waals surface area contributed by atoms with E-state index in [9.17, 15) is 4.79 Å². The van der Waals surface area contributed by atoms with Gasteiger partial charge in [-0.1, -0.05) is 30.0 Å². The number of thioether (sulfide) groups is 1. The summed E-state index contributed by atoms with van der Waals surface area (Å²) in [6.07, 6.45) is 1.21. The highest BCUT2D eigenvalue weighted by Gasteiger charge is 1.96. The largest absolute Gasteiger partial charge is 0.478 e. The molecule has 0 aliphatic carbocycles. The van der Waals surface area contributed by atoms with Gasteiger partial charge in [-0.3, -0.25) is 0 Å². The third kappa shape index (κ3) is 3.80. The fourth-order valence-corrected chi connectivity index (χ4v) is 1.70. The Kier molecular flexibility index (Phi) is 3.58. The number of hydrogen-bond acceptors (Lipinski definition) is 2. The molecule has 0 aliphatic rings. The van der Waals surface area contributed by atoms with E-state index in [1.54, 1.807) is 6.92 Å². The molecule has 0 saturated carbocycles. The van der Waals surface area contributed by atoms with Crippen molar-refractivity contribution in [1.82, 2.24) is 0 Å². The topological polar surface area (TPSA) is 37.3 Å². The average molecular weight is 194 g/mol. The molecule has 0 radical (unpaired) electrons. The molecule has 13 heavy (non-hydrogen) atoms. The van der Waals surface area contributed by atoms with Gasteiger partial charge in [-0.25, -0.2) is 4.79 Å². The minimum atomic E-state index is -0.902. The first-order valence-electron chi connectivity index (χ1n) is 3.82. The van der Waals surface area contributed by atoms with Crippen LogP contribution in [0.2, 0.25) is 0 Å². The molecule has 0 fully saturated rings. The second-order valence-electron chi connectivity index (χ2n) is 2.51. The fraction of sp³-hybridized carbons (Fsp3) is 0.100. The van der Waals surface area contributed by atoms with E-state index in [-0.39, 0.29) is 0 Å². The molecule has 0 aliphatic heterocycles. The number of carboxylic acid groups (broad SMARTS) is 1. The van der Waals surface area contributed by atoms with Crippen LogP contribution < -0.4 is 0 Å². The minimum Gasteiger partial charge on any atom is -0.478 e. The Morgan fingerprint density at radius 1 is 1.38 bits per heavy atom. The summed E-state index contributed by atoms with van der Waals surface area (Å²) in [6.45, 7) is 1.78. The van der Waals surface area contributed by atoms with Gasteiger partial charge in [0.15, 0.2) is 0 Å². The van der Waals surface area contributed by atoms with E-state index in [1.807, 2.05) is 30.3 Å². The summed E-state index contributed by atoms with van der Waals surface area (Å²) in [7, 11) is 0. The van der Waals surface area contributed by atoms with Crippen molar-refractivity contribution >= 4 is 17.7 Å². The van der Waals surface area contributed by atoms with Crippen LogP contribution in [0.25, 0.3) is 0 Å². The van der Waals surface area contributed by atoms with Crippen LogP contribution in [0.4, 0.5) is 0 Å². The normalized spacial score (nSPS) is 11.3. The Bertz CT molecular complexity index is 317. The quantitative estimate of drug-likeness (QED) is 0.594. The maximum atomic E-state index is 10.3. The van der Waals surface area contributed by atoms with Gasteiger partial charge in [0.25, 0.3) is 0 Å². The molecule has 0 bridgehead atoms. The maximum absolute atomic E-state index is 10.3. The number of aliphatic carboxylic acids is 1. The molecule has 1 aromatic carbocycles. The molecule has 2 nitrogen and oxygen atoms in total. The van der Waals surface area contributed by atoms with Crippen LogP contribution in [0.15, 0.2) is 46.2 Å². The molecule has 3 heteroatoms. The Balaban J connectivity index is 2.65. The molecule has 0 amide bonds. The van der Waals surface area contributed by atoms with Gasteiger partial charge in [0.1, 0.15) is 0 Å². The maximum Gasteiger partial charge on any atom is 0.329 e. The second-order valence-corrected chi connectivity index (χ2v) is 3.83. The van der Waals surface area contributed by atoms with Gasteiger partial charge < -0.3 is 5.11 Å². The number of rotatable bonds is 3. The Hall–Kier alpha value is -1.22. The molecule has 0 heterocycles. The van der Waals surface area contributed by atoms with Crippen LogP contribution in [-0.4, -0.2) is 11.1 Å². The highest BCUT2D eigenvalue weighted by Crippen LogP contribution is 2.25. The van der Waals surface area contributed by atoms with Crippen LogP contribution in [0.1, 0.15) is 6.92 Å². The predicted molar refractivity (Wildman–Crippen MR) is 53.7 cm³/mol. The summed E-state index contributed by atoms with van der Waals surface area (Å²) in [6, 6.07) is 9.68. The third-order valence-electron chi connectivity index (χ3n) is 1.35. The number of benzene rings is 1. The van der Waals surface area contributed by atoms with Crippen molar-refractivity contribution in [3.8, 4) is 0 Å². The molecule has 68 valence electrons. The van der Waals surface area contributed by atoms with E-state index in [2.05, 4.69) is 0 Å². The van der Waals surface area contributed by atoms with Gasteiger partial charge in [-0.05, 0) is 24.0 Å². The van der Waals surface area contributed by atoms with Crippen molar-refractivity contribution < 1.29 is 9.90 Å². The number of carboxylic acids is 1. The van der Waals surface area contributed by atoms with E-state index in [1.165, 1.54) is 17.8 Å². The van der Waals surface area contributed by atoms with E-state index < -0.39 is 5.97 Å². The van der Waals surface area contributed by atoms with Gasteiger partial charge in [-0.15, -0.1) is 0 Å². The molecule has 1 rings (SSSR count). The summed E-state index contributed by atoms with van der Waals surface area (Å²) in [5.74, 6) is -0.902. The summed E-state index contributed by atoms with van der Waals surface area (Å²) in [5.41, 5.74) is 0. The molecule has 0 aromatic heterocycles. The fourth-order valence-electron chi connectivity index (χ4n) is 0.878. The summed E-state index contributed by atoms with van der Waals surface area (Å²) in [4.78, 5) is 12.1. The zero-order valence-electron chi connectivity index (χ0n) is 7.23. The standard InChI is InChI=1S/C10H10O2S/c1-8(7-10(11)12)13-9-5-3-2-4-6-9/h2-7H,1H3,(H,11,12)/b8-7-. The monoisotopic (exact) mass is 194 g/mol. The molecule has 0 atom stereocenters. The number of carbonyl (C=O) groups is 1. The van der Waals surface area contributed by atoms with Gasteiger partial charge >= 0.3 is 5.97 Å². The zero-order chi connectivity index (χ0) is 9.68. The molecule has 0 unspecified atom stereocenters. The van der Waals surface area contributed by atoms with Gasteiger partial charge in [0, 0.05) is 11.0 Å². The Labute approximate surface area is 81.3 Å². The first-order chi connectivity index (χ1) is 6.18. The number of allylic oxidation sites excluding steroid dienone is 1. The van der Waals surface area contributed by atoms with Crippen molar-refractivity contribution in [1.29, 1.82) is 0 Å². The molecule has 0 saturated heterocycles. The first kappa shape index (κ1) is 9.86. The van der Waals surface area contributed by atoms with E-state index in [4.69, 9.17) is 5.11 Å². The highest BCUT2D eigenvalue weighted by atomic mass is 32.2. The van der Waals surface area contributed by atoms with Crippen molar-refractivity contribution in [3.05, 3.63) is 41.3 Å². The lowest BCUT2D eigenvalue weighted by Crippen LogP contribution is -1.87. The molecule has 1 aromatic rings. The Morgan fingerprint density at radius 3 is 2.54 bits per heavy atom. The Morgan fingerprint density at radius 2 is 2.00 bits per heavy atom. The van der Waals surface area contributed by atoms with Crippen molar-refractivity contribution in [2.24, 2.45) is 0 Å². The lowest BCUT2D eigenvalue weighted by molar-refractivity contribution is -0.131. The summed E-state index contributed by atoms with van der Waals surface area (Å²) in [5, 5.41) is 8.47. The summed E-state index contributed by atoms with van der Waals surface area (Å²) < 4.78 is 0. The van der Waals surface area contributed by atoms with Crippen LogP contribution in [0, 0.1) is 0 Å². The highest BCUT2D eigenvalue weighted by molar-refractivity contribution is 8.03. The summed E-state index contributed by atoms with van der Waals surface area (Å²) >= 11 is 1.45. The minimum absolute atomic E-state index is 0.777. The van der Waals surface area contributed by atoms with Crippen molar-refractivity contribution in [3.63, 3.8) is 0 Å². The van der Waals surface area contributed by atoms with E-state index in [0.717, 1.165) is 9.80 Å². The van der Waals surface area contributed by atoms with Crippen LogP contribution in [0.3, 0.4) is 0 Å². The van der Waals surface area contributed by atoms with Gasteiger partial charge in [-0.2, -0.15) is 0 Å². The van der Waals surface area contributed by atoms with Crippen LogP contribution in [-0.2, 0) is 4.79 Å². The van der Waals surface area contributed by atoms with E-state index >= 15 is 0 Å². The third-order valence-corrected chi connectivity index (χ3v) is 2.30. The van der Waals surface area contributed by atoms with Gasteiger partial charge in [0.05, 0.1) is 0 Å². The van der Waals surface area contributed by atoms with Gasteiger partial charge in [0.2, 0.25) is 0 Å². The smallest absolute Gasteiger partial charge is 0.329 e. The zero-order valence-corrected chi connectivity index (χ0v) is 8.04. The molecular formula is C10H10O2S. The molecule has 1 N–H and O–H groups in total. The molecular weight excluding hydrogens is 184 g/mol. The lowest BCUT2D eigenvalue weighted by Gasteiger charge is -1.98. The van der Waals surface area contributed by atoms with E-state index in [0.29, 0.717) is 0 Å². The van der Waals surface area contributed by atoms with Crippen LogP contribution in [0.5, 0.6) is 0 Å². The van der Waals surface area contributed by atoms with Crippen molar-refractivity contribution in [2.45, 2.75) is 11.8 Å². The van der Waals surface area contributed by atoms with Crippen molar-refractivity contribution in [2.75, 3.05) is 0 Å². The number of hydrogen-bond donors (Lipinski definition) is 1. The molecule has 0 spiro atoms. The lowest BCUT2D eigenvalue weighted by atomic mass is 10.4. The average Bonchev–Trinajstić information content (AvgIpc) is 2.04. The SMILES string of the molecule is C/C(=C/C(=O)O)Sc1ccccc1. The van der Waals surface area contributed by atoms with Crippen LogP contribution >= 0.6 is 11.8 Å². The first-order valence-corrected chi connectivity index (χ1v) is 4.64. The second kappa shape index (κ2) is 4.72. The predicted octanol–water partition coefficient (Wildman–Crippen LogP) is 2.77.